The highest BCUT2D eigenvalue weighted by molar-refractivity contribution is 5.29. The molecule has 0 spiro atoms. The molecule has 0 fully saturated rings. The maximum Gasteiger partial charge on any atom is 0.142 e. The van der Waals surface area contributed by atoms with Gasteiger partial charge >= 0.3 is 0 Å². The van der Waals surface area contributed by atoms with Crippen molar-refractivity contribution < 1.29 is 9.26 Å². The zero-order valence-electron chi connectivity index (χ0n) is 12.3. The lowest BCUT2D eigenvalue weighted by molar-refractivity contribution is 0.283. The van der Waals surface area contributed by atoms with Gasteiger partial charge in [0.25, 0.3) is 0 Å². The van der Waals surface area contributed by atoms with Gasteiger partial charge in [0.05, 0.1) is 5.69 Å². The van der Waals surface area contributed by atoms with E-state index in [0.29, 0.717) is 13.2 Å². The average molecular weight is 275 g/mol. The van der Waals surface area contributed by atoms with Gasteiger partial charge in [0.2, 0.25) is 0 Å². The smallest absolute Gasteiger partial charge is 0.142 e. The predicted molar refractivity (Wildman–Crippen MR) is 76.5 cm³/mol. The molecule has 0 saturated heterocycles. The van der Waals surface area contributed by atoms with Gasteiger partial charge in [-0.2, -0.15) is 0 Å². The molecule has 0 aromatic carbocycles. The summed E-state index contributed by atoms with van der Waals surface area (Å²) in [6.07, 6.45) is 1.10. The minimum Gasteiger partial charge on any atom is -0.485 e. The molecular formula is C15H21N3O2. The van der Waals surface area contributed by atoms with Crippen molar-refractivity contribution in [1.29, 1.82) is 0 Å². The Morgan fingerprint density at radius 3 is 2.85 bits per heavy atom. The van der Waals surface area contributed by atoms with Gasteiger partial charge < -0.3 is 14.6 Å². The van der Waals surface area contributed by atoms with Crippen LogP contribution in [0.15, 0.2) is 22.7 Å². The summed E-state index contributed by atoms with van der Waals surface area (Å²) in [6, 6.07) is 5.78. The minimum absolute atomic E-state index is 0.392. The van der Waals surface area contributed by atoms with Gasteiger partial charge in [-0.1, -0.05) is 12.1 Å². The Labute approximate surface area is 119 Å². The van der Waals surface area contributed by atoms with Crippen LogP contribution in [0.3, 0.4) is 0 Å². The van der Waals surface area contributed by atoms with Crippen molar-refractivity contribution in [3.63, 3.8) is 0 Å². The molecule has 5 nitrogen and oxygen atoms in total. The molecule has 2 aromatic rings. The van der Waals surface area contributed by atoms with E-state index in [1.54, 1.807) is 0 Å². The summed E-state index contributed by atoms with van der Waals surface area (Å²) in [5, 5.41) is 7.26. The summed E-state index contributed by atoms with van der Waals surface area (Å²) in [6.45, 7) is 8.06. The highest BCUT2D eigenvalue weighted by Gasteiger charge is 2.08. The Bertz CT molecular complexity index is 552. The second-order valence-corrected chi connectivity index (χ2v) is 4.79. The summed E-state index contributed by atoms with van der Waals surface area (Å²) in [7, 11) is 0. The maximum atomic E-state index is 5.80. The molecule has 0 atom stereocenters. The van der Waals surface area contributed by atoms with Crippen molar-refractivity contribution in [2.45, 2.75) is 40.3 Å². The van der Waals surface area contributed by atoms with E-state index in [1.807, 2.05) is 32.0 Å². The Morgan fingerprint density at radius 1 is 1.30 bits per heavy atom. The summed E-state index contributed by atoms with van der Waals surface area (Å²) < 4.78 is 10.8. The molecule has 1 N–H and O–H groups in total. The number of aromatic nitrogens is 2. The van der Waals surface area contributed by atoms with Gasteiger partial charge in [-0.15, -0.1) is 0 Å². The highest BCUT2D eigenvalue weighted by Crippen LogP contribution is 2.18. The van der Waals surface area contributed by atoms with E-state index in [0.717, 1.165) is 41.6 Å². The SMILES string of the molecule is CCCNCc1nc(C)ccc1OCc1cc(C)on1. The van der Waals surface area contributed by atoms with Crippen LogP contribution in [0.25, 0.3) is 0 Å². The van der Waals surface area contributed by atoms with Crippen LogP contribution in [0.5, 0.6) is 5.75 Å². The van der Waals surface area contributed by atoms with E-state index in [9.17, 15) is 0 Å². The van der Waals surface area contributed by atoms with Crippen LogP contribution in [-0.4, -0.2) is 16.7 Å². The van der Waals surface area contributed by atoms with E-state index in [1.165, 1.54) is 0 Å². The average Bonchev–Trinajstić information content (AvgIpc) is 2.84. The van der Waals surface area contributed by atoms with E-state index < -0.39 is 0 Å². The zero-order chi connectivity index (χ0) is 14.4. The van der Waals surface area contributed by atoms with Crippen LogP contribution >= 0.6 is 0 Å². The van der Waals surface area contributed by atoms with E-state index in [4.69, 9.17) is 9.26 Å². The third kappa shape index (κ3) is 4.06. The monoisotopic (exact) mass is 275 g/mol. The lowest BCUT2D eigenvalue weighted by Gasteiger charge is -2.11. The van der Waals surface area contributed by atoms with Gasteiger partial charge in [0, 0.05) is 18.3 Å². The first kappa shape index (κ1) is 14.5. The molecule has 0 bridgehead atoms. The van der Waals surface area contributed by atoms with Crippen LogP contribution in [0.4, 0.5) is 0 Å². The Hall–Kier alpha value is -1.88. The highest BCUT2D eigenvalue weighted by atomic mass is 16.5. The third-order valence-electron chi connectivity index (χ3n) is 2.84. The standard InChI is InChI=1S/C15H21N3O2/c1-4-7-16-9-14-15(6-5-11(2)17-14)19-10-13-8-12(3)20-18-13/h5-6,8,16H,4,7,9-10H2,1-3H3. The third-order valence-corrected chi connectivity index (χ3v) is 2.84. The van der Waals surface area contributed by atoms with E-state index in [2.05, 4.69) is 22.4 Å². The summed E-state index contributed by atoms with van der Waals surface area (Å²) in [5.74, 6) is 1.58. The molecule has 2 aromatic heterocycles. The van der Waals surface area contributed by atoms with Crippen molar-refractivity contribution in [2.24, 2.45) is 0 Å². The molecule has 0 aliphatic rings. The first-order valence-corrected chi connectivity index (χ1v) is 6.91. The van der Waals surface area contributed by atoms with Gasteiger partial charge in [-0.05, 0) is 38.9 Å². The normalized spacial score (nSPS) is 10.8. The predicted octanol–water partition coefficient (Wildman–Crippen LogP) is 2.77. The number of rotatable bonds is 7. The fourth-order valence-corrected chi connectivity index (χ4v) is 1.88. The first-order chi connectivity index (χ1) is 9.69. The van der Waals surface area contributed by atoms with Crippen molar-refractivity contribution in [3.8, 4) is 5.75 Å². The van der Waals surface area contributed by atoms with Crippen molar-refractivity contribution >= 4 is 0 Å². The molecule has 108 valence electrons. The Balaban J connectivity index is 2.01. The van der Waals surface area contributed by atoms with E-state index >= 15 is 0 Å². The molecular weight excluding hydrogens is 254 g/mol. The summed E-state index contributed by atoms with van der Waals surface area (Å²) in [4.78, 5) is 4.53. The Morgan fingerprint density at radius 2 is 2.15 bits per heavy atom. The molecule has 0 amide bonds. The van der Waals surface area contributed by atoms with Crippen molar-refractivity contribution in [2.75, 3.05) is 6.54 Å². The topological polar surface area (TPSA) is 60.2 Å². The second kappa shape index (κ2) is 7.05. The lowest BCUT2D eigenvalue weighted by atomic mass is 10.2. The molecule has 2 heterocycles. The largest absolute Gasteiger partial charge is 0.485 e. The van der Waals surface area contributed by atoms with E-state index in [-0.39, 0.29) is 0 Å². The molecule has 0 aliphatic heterocycles. The number of nitrogens with zero attached hydrogens (tertiary/aromatic N) is 2. The molecule has 2 rings (SSSR count). The lowest BCUT2D eigenvalue weighted by Crippen LogP contribution is -2.16. The molecule has 0 radical (unpaired) electrons. The van der Waals surface area contributed by atoms with Crippen LogP contribution in [0, 0.1) is 13.8 Å². The van der Waals surface area contributed by atoms with Crippen LogP contribution in [0.2, 0.25) is 0 Å². The number of nitrogens with one attached hydrogen (secondary N) is 1. The van der Waals surface area contributed by atoms with Gasteiger partial charge in [-0.25, -0.2) is 0 Å². The van der Waals surface area contributed by atoms with Gasteiger partial charge in [0.1, 0.15) is 23.8 Å². The number of aryl methyl sites for hydroxylation is 2. The Kier molecular flexibility index (Phi) is 5.12. The molecule has 5 heteroatoms. The number of pyridine rings is 1. The fraction of sp³-hybridized carbons (Fsp3) is 0.467. The summed E-state index contributed by atoms with van der Waals surface area (Å²) >= 11 is 0. The van der Waals surface area contributed by atoms with Gasteiger partial charge in [0.15, 0.2) is 0 Å². The number of hydrogen-bond acceptors (Lipinski definition) is 5. The summed E-state index contributed by atoms with van der Waals surface area (Å²) in [5.41, 5.74) is 2.71. The molecule has 20 heavy (non-hydrogen) atoms. The zero-order valence-corrected chi connectivity index (χ0v) is 12.3. The maximum absolute atomic E-state index is 5.80. The molecule has 0 unspecified atom stereocenters. The first-order valence-electron chi connectivity index (χ1n) is 6.91. The minimum atomic E-state index is 0.392. The van der Waals surface area contributed by atoms with Crippen LogP contribution in [0.1, 0.15) is 36.2 Å². The fourth-order valence-electron chi connectivity index (χ4n) is 1.88. The molecule has 0 aliphatic carbocycles. The molecule has 0 saturated carbocycles. The quantitative estimate of drug-likeness (QED) is 0.787. The number of hydrogen-bond donors (Lipinski definition) is 1. The number of ether oxygens (including phenoxy) is 1. The van der Waals surface area contributed by atoms with Crippen molar-refractivity contribution in [3.05, 3.63) is 41.0 Å². The second-order valence-electron chi connectivity index (χ2n) is 4.79. The van der Waals surface area contributed by atoms with Crippen LogP contribution in [-0.2, 0) is 13.2 Å². The van der Waals surface area contributed by atoms with Gasteiger partial charge in [-0.3, -0.25) is 4.98 Å². The van der Waals surface area contributed by atoms with Crippen molar-refractivity contribution in [1.82, 2.24) is 15.5 Å². The van der Waals surface area contributed by atoms with Crippen LogP contribution < -0.4 is 10.1 Å².